The van der Waals surface area contributed by atoms with Gasteiger partial charge in [0.15, 0.2) is 0 Å². The van der Waals surface area contributed by atoms with Crippen LogP contribution in [0.5, 0.6) is 0 Å². The van der Waals surface area contributed by atoms with Crippen molar-refractivity contribution in [2.45, 2.75) is 50.0 Å². The van der Waals surface area contributed by atoms with E-state index in [1.807, 2.05) is 6.92 Å². The van der Waals surface area contributed by atoms with Crippen LogP contribution in [0.3, 0.4) is 0 Å². The molecule has 1 aromatic rings. The highest BCUT2D eigenvalue weighted by Gasteiger charge is 2.27. The molecular formula is C18H26N2O4S. The van der Waals surface area contributed by atoms with Gasteiger partial charge in [-0.3, -0.25) is 4.79 Å². The molecule has 1 N–H and O–H groups in total. The van der Waals surface area contributed by atoms with Gasteiger partial charge >= 0.3 is 0 Å². The topological polar surface area (TPSA) is 75.7 Å². The highest BCUT2D eigenvalue weighted by molar-refractivity contribution is 7.89. The lowest BCUT2D eigenvalue weighted by Crippen LogP contribution is -2.36. The van der Waals surface area contributed by atoms with E-state index in [-0.39, 0.29) is 16.9 Å². The molecule has 1 aromatic carbocycles. The Bertz CT molecular complexity index is 721. The van der Waals surface area contributed by atoms with E-state index in [1.165, 1.54) is 10.4 Å². The molecular weight excluding hydrogens is 340 g/mol. The largest absolute Gasteiger partial charge is 0.376 e. The highest BCUT2D eigenvalue weighted by atomic mass is 32.2. The average Bonchev–Trinajstić information content (AvgIpc) is 3.14. The lowest BCUT2D eigenvalue weighted by molar-refractivity contribution is 0.0857. The maximum atomic E-state index is 12.8. The molecule has 7 heteroatoms. The number of piperidine rings is 1. The number of sulfonamides is 1. The van der Waals surface area contributed by atoms with Crippen molar-refractivity contribution < 1.29 is 17.9 Å². The van der Waals surface area contributed by atoms with Crippen LogP contribution in [0.15, 0.2) is 23.1 Å². The molecule has 1 amide bonds. The molecule has 138 valence electrons. The molecule has 3 rings (SSSR count). The molecule has 0 bridgehead atoms. The maximum Gasteiger partial charge on any atom is 0.251 e. The second-order valence-electron chi connectivity index (χ2n) is 6.79. The molecule has 2 aliphatic rings. The van der Waals surface area contributed by atoms with Gasteiger partial charge in [-0.1, -0.05) is 12.5 Å². The number of carbonyl (C=O) groups excluding carboxylic acids is 1. The predicted octanol–water partition coefficient (Wildman–Crippen LogP) is 2.08. The smallest absolute Gasteiger partial charge is 0.251 e. The molecule has 2 heterocycles. The Hall–Kier alpha value is -1.44. The summed E-state index contributed by atoms with van der Waals surface area (Å²) in [5.41, 5.74) is 1.18. The van der Waals surface area contributed by atoms with Gasteiger partial charge in [0, 0.05) is 31.8 Å². The standard InChI is InChI=1S/C18H26N2O4S/c1-14-7-8-16(25(22,23)20-9-3-2-4-10-20)12-17(14)18(21)19-13-15-6-5-11-24-15/h7-8,12,15H,2-6,9-11,13H2,1H3,(H,19,21)/t15-/m1/s1. The minimum Gasteiger partial charge on any atom is -0.376 e. The molecule has 0 aromatic heterocycles. The van der Waals surface area contributed by atoms with Crippen molar-refractivity contribution in [1.29, 1.82) is 0 Å². The number of benzene rings is 1. The van der Waals surface area contributed by atoms with Gasteiger partial charge in [-0.15, -0.1) is 0 Å². The number of carbonyl (C=O) groups is 1. The first-order valence-electron chi connectivity index (χ1n) is 8.99. The van der Waals surface area contributed by atoms with Gasteiger partial charge in [0.2, 0.25) is 10.0 Å². The Morgan fingerprint density at radius 2 is 2.00 bits per heavy atom. The second kappa shape index (κ2) is 7.85. The van der Waals surface area contributed by atoms with E-state index in [4.69, 9.17) is 4.74 Å². The third kappa shape index (κ3) is 4.22. The van der Waals surface area contributed by atoms with E-state index in [9.17, 15) is 13.2 Å². The van der Waals surface area contributed by atoms with Crippen molar-refractivity contribution in [2.75, 3.05) is 26.2 Å². The molecule has 2 aliphatic heterocycles. The molecule has 2 fully saturated rings. The summed E-state index contributed by atoms with van der Waals surface area (Å²) in [6, 6.07) is 4.80. The van der Waals surface area contributed by atoms with Crippen LogP contribution in [0.2, 0.25) is 0 Å². The fourth-order valence-corrected chi connectivity index (χ4v) is 4.91. The van der Waals surface area contributed by atoms with Crippen LogP contribution in [0.4, 0.5) is 0 Å². The quantitative estimate of drug-likeness (QED) is 0.866. The summed E-state index contributed by atoms with van der Waals surface area (Å²) in [4.78, 5) is 12.7. The SMILES string of the molecule is Cc1ccc(S(=O)(=O)N2CCCCC2)cc1C(=O)NC[C@H]1CCCO1. The number of ether oxygens (including phenoxy) is 1. The number of aryl methyl sites for hydroxylation is 1. The minimum absolute atomic E-state index is 0.0597. The van der Waals surface area contributed by atoms with Crippen molar-refractivity contribution in [3.63, 3.8) is 0 Å². The van der Waals surface area contributed by atoms with E-state index in [0.717, 1.165) is 44.3 Å². The Balaban J connectivity index is 1.76. The van der Waals surface area contributed by atoms with E-state index in [2.05, 4.69) is 5.32 Å². The number of hydrogen-bond donors (Lipinski definition) is 1. The summed E-state index contributed by atoms with van der Waals surface area (Å²) in [5, 5.41) is 2.87. The molecule has 0 aliphatic carbocycles. The molecule has 1 atom stereocenters. The zero-order valence-corrected chi connectivity index (χ0v) is 15.5. The van der Waals surface area contributed by atoms with Crippen LogP contribution in [-0.4, -0.2) is 51.0 Å². The molecule has 0 saturated carbocycles. The van der Waals surface area contributed by atoms with Gasteiger partial charge in [-0.25, -0.2) is 8.42 Å². The van der Waals surface area contributed by atoms with Gasteiger partial charge in [0.1, 0.15) is 0 Å². The summed E-state index contributed by atoms with van der Waals surface area (Å²) in [6.45, 7) is 4.12. The maximum absolute atomic E-state index is 12.8. The fourth-order valence-electron chi connectivity index (χ4n) is 3.37. The van der Waals surface area contributed by atoms with E-state index >= 15 is 0 Å². The van der Waals surface area contributed by atoms with E-state index < -0.39 is 10.0 Å². The van der Waals surface area contributed by atoms with Gasteiger partial charge in [0.05, 0.1) is 11.0 Å². The number of nitrogens with one attached hydrogen (secondary N) is 1. The number of rotatable bonds is 5. The molecule has 0 unspecified atom stereocenters. The van der Waals surface area contributed by atoms with Gasteiger partial charge in [-0.2, -0.15) is 4.31 Å². The monoisotopic (exact) mass is 366 g/mol. The molecule has 0 spiro atoms. The first-order chi connectivity index (χ1) is 12.0. The third-order valence-electron chi connectivity index (χ3n) is 4.92. The normalized spacial score (nSPS) is 22.0. The Morgan fingerprint density at radius 3 is 2.68 bits per heavy atom. The summed E-state index contributed by atoms with van der Waals surface area (Å²) in [5.74, 6) is -0.247. The summed E-state index contributed by atoms with van der Waals surface area (Å²) >= 11 is 0. The second-order valence-corrected chi connectivity index (χ2v) is 8.72. The number of amides is 1. The minimum atomic E-state index is -3.54. The lowest BCUT2D eigenvalue weighted by atomic mass is 10.1. The van der Waals surface area contributed by atoms with Crippen molar-refractivity contribution >= 4 is 15.9 Å². The molecule has 25 heavy (non-hydrogen) atoms. The predicted molar refractivity (Wildman–Crippen MR) is 95.1 cm³/mol. The van der Waals surface area contributed by atoms with Gasteiger partial charge in [-0.05, 0) is 50.3 Å². The van der Waals surface area contributed by atoms with Crippen molar-refractivity contribution in [2.24, 2.45) is 0 Å². The van der Waals surface area contributed by atoms with Crippen LogP contribution in [0.25, 0.3) is 0 Å². The van der Waals surface area contributed by atoms with Crippen molar-refractivity contribution in [3.05, 3.63) is 29.3 Å². The molecule has 6 nitrogen and oxygen atoms in total. The van der Waals surface area contributed by atoms with Gasteiger partial charge in [0.25, 0.3) is 5.91 Å². The molecule has 2 saturated heterocycles. The summed E-state index contributed by atoms with van der Waals surface area (Å²) in [7, 11) is -3.54. The van der Waals surface area contributed by atoms with Crippen LogP contribution in [0, 0.1) is 6.92 Å². The zero-order chi connectivity index (χ0) is 17.9. The Kier molecular flexibility index (Phi) is 5.76. The van der Waals surface area contributed by atoms with E-state index in [1.54, 1.807) is 12.1 Å². The Labute approximate surface area is 149 Å². The van der Waals surface area contributed by atoms with Crippen LogP contribution >= 0.6 is 0 Å². The molecule has 0 radical (unpaired) electrons. The van der Waals surface area contributed by atoms with Crippen molar-refractivity contribution in [3.8, 4) is 0 Å². The average molecular weight is 366 g/mol. The Morgan fingerprint density at radius 1 is 1.24 bits per heavy atom. The number of hydrogen-bond acceptors (Lipinski definition) is 4. The number of nitrogens with zero attached hydrogens (tertiary/aromatic N) is 1. The highest BCUT2D eigenvalue weighted by Crippen LogP contribution is 2.23. The zero-order valence-electron chi connectivity index (χ0n) is 14.7. The lowest BCUT2D eigenvalue weighted by Gasteiger charge is -2.26. The van der Waals surface area contributed by atoms with Crippen LogP contribution in [0.1, 0.15) is 48.0 Å². The van der Waals surface area contributed by atoms with Gasteiger partial charge < -0.3 is 10.1 Å². The van der Waals surface area contributed by atoms with Crippen LogP contribution < -0.4 is 5.32 Å². The summed E-state index contributed by atoms with van der Waals surface area (Å²) < 4.78 is 32.7. The van der Waals surface area contributed by atoms with E-state index in [0.29, 0.717) is 25.2 Å². The van der Waals surface area contributed by atoms with Crippen LogP contribution in [-0.2, 0) is 14.8 Å². The summed E-state index contributed by atoms with van der Waals surface area (Å²) in [6.07, 6.45) is 4.87. The van der Waals surface area contributed by atoms with Crippen molar-refractivity contribution in [1.82, 2.24) is 9.62 Å². The first-order valence-corrected chi connectivity index (χ1v) is 10.4. The fraction of sp³-hybridized carbons (Fsp3) is 0.611. The third-order valence-corrected chi connectivity index (χ3v) is 6.82. The first kappa shape index (κ1) is 18.4.